The summed E-state index contributed by atoms with van der Waals surface area (Å²) in [5, 5.41) is 13.7. The average molecular weight is 542 g/mol. The van der Waals surface area contributed by atoms with Gasteiger partial charge in [0, 0.05) is 40.1 Å². The van der Waals surface area contributed by atoms with Crippen molar-refractivity contribution in [1.29, 1.82) is 0 Å². The van der Waals surface area contributed by atoms with Crippen molar-refractivity contribution in [2.75, 3.05) is 13.4 Å². The van der Waals surface area contributed by atoms with Gasteiger partial charge in [-0.05, 0) is 66.6 Å². The van der Waals surface area contributed by atoms with Gasteiger partial charge in [-0.1, -0.05) is 42.5 Å². The van der Waals surface area contributed by atoms with Crippen molar-refractivity contribution in [2.24, 2.45) is 0 Å². The van der Waals surface area contributed by atoms with Crippen molar-refractivity contribution in [3.8, 4) is 11.5 Å². The molecule has 1 heterocycles. The first-order chi connectivity index (χ1) is 18.9. The van der Waals surface area contributed by atoms with Gasteiger partial charge in [0.2, 0.25) is 0 Å². The summed E-state index contributed by atoms with van der Waals surface area (Å²) in [5.74, 6) is -0.419. The van der Waals surface area contributed by atoms with Crippen LogP contribution in [0.4, 0.5) is 0 Å². The summed E-state index contributed by atoms with van der Waals surface area (Å²) in [5.41, 5.74) is 4.89. The summed E-state index contributed by atoms with van der Waals surface area (Å²) < 4.78 is 11.3. The number of hydrogen-bond donors (Lipinski definition) is 2. The highest BCUT2D eigenvalue weighted by Crippen LogP contribution is 2.47. The van der Waals surface area contributed by atoms with Crippen LogP contribution in [0.3, 0.4) is 0 Å². The molecule has 0 bridgehead atoms. The third-order valence-corrected chi connectivity index (χ3v) is 8.10. The molecule has 3 aromatic carbocycles. The number of nitrogens with one attached hydrogen (secondary N) is 1. The monoisotopic (exact) mass is 541 g/mol. The highest BCUT2D eigenvalue weighted by Gasteiger charge is 2.42. The lowest BCUT2D eigenvalue weighted by molar-refractivity contribution is -0.140. The molecule has 5 rings (SSSR count). The van der Waals surface area contributed by atoms with E-state index in [4.69, 9.17) is 9.47 Å². The molecule has 3 aromatic rings. The van der Waals surface area contributed by atoms with E-state index in [-0.39, 0.29) is 24.1 Å². The van der Waals surface area contributed by atoms with Gasteiger partial charge in [-0.25, -0.2) is 4.79 Å². The maximum absolute atomic E-state index is 13.8. The van der Waals surface area contributed by atoms with Gasteiger partial charge in [0.1, 0.15) is 18.1 Å². The van der Waals surface area contributed by atoms with E-state index in [1.807, 2.05) is 67.8 Å². The van der Waals surface area contributed by atoms with Crippen LogP contribution in [0.2, 0.25) is 0 Å². The van der Waals surface area contributed by atoms with E-state index >= 15 is 0 Å². The van der Waals surface area contributed by atoms with E-state index in [9.17, 15) is 14.7 Å². The third kappa shape index (κ3) is 5.45. The predicted molar refractivity (Wildman–Crippen MR) is 152 cm³/mol. The molecule has 0 saturated carbocycles. The van der Waals surface area contributed by atoms with Gasteiger partial charge < -0.3 is 19.9 Å². The molecule has 0 saturated heterocycles. The molecular formula is C32H31NO5S. The Labute approximate surface area is 232 Å². The summed E-state index contributed by atoms with van der Waals surface area (Å²) in [6.07, 6.45) is 2.90. The molecule has 0 aromatic heterocycles. The van der Waals surface area contributed by atoms with E-state index in [0.717, 1.165) is 27.5 Å². The normalized spacial score (nSPS) is 18.9. The molecule has 200 valence electrons. The van der Waals surface area contributed by atoms with Crippen molar-refractivity contribution in [3.63, 3.8) is 0 Å². The first-order valence-corrected chi connectivity index (χ1v) is 14.1. The first kappa shape index (κ1) is 26.6. The van der Waals surface area contributed by atoms with Crippen LogP contribution in [-0.2, 0) is 20.9 Å². The minimum absolute atomic E-state index is 0.0431. The number of allylic oxidation sites excluding steroid dienone is 3. The van der Waals surface area contributed by atoms with Gasteiger partial charge in [0.05, 0.1) is 12.7 Å². The smallest absolute Gasteiger partial charge is 0.337 e. The molecule has 0 unspecified atom stereocenters. The van der Waals surface area contributed by atoms with E-state index in [1.165, 1.54) is 0 Å². The van der Waals surface area contributed by atoms with Crippen LogP contribution in [0.15, 0.2) is 100 Å². The molecule has 39 heavy (non-hydrogen) atoms. The Hall–Kier alpha value is -3.97. The number of ketones is 1. The molecule has 0 radical (unpaired) electrons. The Morgan fingerprint density at radius 1 is 1.05 bits per heavy atom. The number of para-hydroxylation sites is 1. The van der Waals surface area contributed by atoms with Crippen molar-refractivity contribution in [1.82, 2.24) is 5.32 Å². The molecule has 7 heteroatoms. The van der Waals surface area contributed by atoms with E-state index in [2.05, 4.69) is 5.32 Å². The molecular weight excluding hydrogens is 510 g/mol. The minimum atomic E-state index is -0.647. The Morgan fingerprint density at radius 3 is 2.54 bits per heavy atom. The fraction of sp³-hybridized carbons (Fsp3) is 0.250. The number of aromatic hydroxyl groups is 1. The Bertz CT molecular complexity index is 1470. The number of Topliss-reactive ketones (excluding diaryl/α,β-unsaturated/α-hetero) is 1. The van der Waals surface area contributed by atoms with Crippen molar-refractivity contribution in [2.45, 2.75) is 43.1 Å². The zero-order chi connectivity index (χ0) is 27.5. The SMILES string of the molecule is COc1ccccc1[C@H]1CC(=O)C2=C(C1)NC(C)=C(C(=O)OCc1ccc(SC)cc1)[C@H]2c1cccc(O)c1. The van der Waals surface area contributed by atoms with Crippen LogP contribution >= 0.6 is 11.8 Å². The summed E-state index contributed by atoms with van der Waals surface area (Å²) >= 11 is 1.65. The minimum Gasteiger partial charge on any atom is -0.508 e. The number of phenols is 1. The van der Waals surface area contributed by atoms with Crippen LogP contribution in [0.25, 0.3) is 0 Å². The number of thioether (sulfide) groups is 1. The van der Waals surface area contributed by atoms with E-state index in [1.54, 1.807) is 37.1 Å². The van der Waals surface area contributed by atoms with Crippen LogP contribution in [0, 0.1) is 0 Å². The van der Waals surface area contributed by atoms with Gasteiger partial charge in [-0.2, -0.15) is 0 Å². The van der Waals surface area contributed by atoms with Gasteiger partial charge >= 0.3 is 5.97 Å². The number of phenolic OH excluding ortho intramolecular Hbond substituents is 1. The number of carbonyl (C=O) groups is 2. The fourth-order valence-electron chi connectivity index (χ4n) is 5.52. The number of methoxy groups -OCH3 is 1. The second-order valence-electron chi connectivity index (χ2n) is 9.78. The molecule has 0 amide bonds. The molecule has 1 aliphatic heterocycles. The maximum Gasteiger partial charge on any atom is 0.337 e. The number of dihydropyridines is 1. The first-order valence-electron chi connectivity index (χ1n) is 12.9. The summed E-state index contributed by atoms with van der Waals surface area (Å²) in [6.45, 7) is 1.95. The highest BCUT2D eigenvalue weighted by molar-refractivity contribution is 7.98. The maximum atomic E-state index is 13.8. The number of benzene rings is 3. The number of rotatable bonds is 7. The zero-order valence-electron chi connectivity index (χ0n) is 22.2. The van der Waals surface area contributed by atoms with Gasteiger partial charge in [-0.3, -0.25) is 4.79 Å². The molecule has 2 atom stereocenters. The number of hydrogen-bond acceptors (Lipinski definition) is 7. The van der Waals surface area contributed by atoms with Crippen LogP contribution in [-0.4, -0.2) is 30.2 Å². The molecule has 2 aliphatic rings. The second-order valence-corrected chi connectivity index (χ2v) is 10.7. The predicted octanol–water partition coefficient (Wildman–Crippen LogP) is 6.23. The molecule has 2 N–H and O–H groups in total. The fourth-order valence-corrected chi connectivity index (χ4v) is 5.93. The van der Waals surface area contributed by atoms with Crippen molar-refractivity contribution < 1.29 is 24.2 Å². The number of esters is 1. The molecule has 1 aliphatic carbocycles. The third-order valence-electron chi connectivity index (χ3n) is 7.36. The number of carbonyl (C=O) groups excluding carboxylic acids is 2. The van der Waals surface area contributed by atoms with Crippen molar-refractivity contribution in [3.05, 3.63) is 112 Å². The van der Waals surface area contributed by atoms with E-state index in [0.29, 0.717) is 35.2 Å². The Balaban J connectivity index is 1.49. The second kappa shape index (κ2) is 11.4. The quantitative estimate of drug-likeness (QED) is 0.271. The molecule has 6 nitrogen and oxygen atoms in total. The molecule has 0 fully saturated rings. The lowest BCUT2D eigenvalue weighted by Crippen LogP contribution is -2.36. The Kier molecular flexibility index (Phi) is 7.79. The summed E-state index contributed by atoms with van der Waals surface area (Å²) in [6, 6.07) is 22.4. The van der Waals surface area contributed by atoms with Gasteiger partial charge in [-0.15, -0.1) is 11.8 Å². The number of ether oxygens (including phenoxy) is 2. The Morgan fingerprint density at radius 2 is 1.82 bits per heavy atom. The van der Waals surface area contributed by atoms with Crippen molar-refractivity contribution >= 4 is 23.5 Å². The molecule has 0 spiro atoms. The van der Waals surface area contributed by atoms with Gasteiger partial charge in [0.25, 0.3) is 0 Å². The lowest BCUT2D eigenvalue weighted by atomic mass is 9.71. The van der Waals surface area contributed by atoms with Crippen LogP contribution < -0.4 is 10.1 Å². The zero-order valence-corrected chi connectivity index (χ0v) is 23.0. The lowest BCUT2D eigenvalue weighted by Gasteiger charge is -2.37. The topological polar surface area (TPSA) is 84.9 Å². The highest BCUT2D eigenvalue weighted by atomic mass is 32.2. The van der Waals surface area contributed by atoms with Crippen LogP contribution in [0.5, 0.6) is 11.5 Å². The largest absolute Gasteiger partial charge is 0.508 e. The van der Waals surface area contributed by atoms with E-state index < -0.39 is 11.9 Å². The standard InChI is InChI=1S/C32H31NO5S/c1-19-29(32(36)38-18-20-11-13-24(39-3)14-12-20)30(21-7-6-8-23(34)15-21)31-26(33-19)16-22(17-27(31)35)25-9-4-5-10-28(25)37-2/h4-15,22,30,33-34H,16-18H2,1-3H3/t22-,30-/m1/s1. The van der Waals surface area contributed by atoms with Crippen LogP contribution in [0.1, 0.15) is 48.3 Å². The summed E-state index contributed by atoms with van der Waals surface area (Å²) in [7, 11) is 1.63. The average Bonchev–Trinajstić information content (AvgIpc) is 2.95. The summed E-state index contributed by atoms with van der Waals surface area (Å²) in [4.78, 5) is 28.5. The van der Waals surface area contributed by atoms with Gasteiger partial charge in [0.15, 0.2) is 5.78 Å².